The Hall–Kier alpha value is -2.54. The molecule has 4 rings (SSSR count). The maximum absolute atomic E-state index is 14.9. The first kappa shape index (κ1) is 33.4. The van der Waals surface area contributed by atoms with Crippen LogP contribution >= 0.6 is 11.6 Å². The first-order chi connectivity index (χ1) is 20.0. The van der Waals surface area contributed by atoms with E-state index in [1.54, 1.807) is 0 Å². The van der Waals surface area contributed by atoms with Crippen molar-refractivity contribution in [3.63, 3.8) is 0 Å². The van der Waals surface area contributed by atoms with E-state index in [1.807, 2.05) is 13.8 Å². The fraction of sp³-hybridized carbons (Fsp3) is 0.552. The van der Waals surface area contributed by atoms with Crippen LogP contribution in [0.5, 0.6) is 5.75 Å². The largest absolute Gasteiger partial charge is 0.491 e. The number of amides is 1. The van der Waals surface area contributed by atoms with Gasteiger partial charge in [0, 0.05) is 28.6 Å². The molecule has 1 amide bonds. The van der Waals surface area contributed by atoms with E-state index in [0.717, 1.165) is 18.9 Å². The number of carbonyl (C=O) groups excluding carboxylic acids is 1. The van der Waals surface area contributed by atoms with Gasteiger partial charge in [0.15, 0.2) is 9.84 Å². The molecule has 0 spiro atoms. The topological polar surface area (TPSA) is 63.7 Å². The summed E-state index contributed by atoms with van der Waals surface area (Å²) in [4.78, 5) is 15.0. The van der Waals surface area contributed by atoms with E-state index in [9.17, 15) is 43.9 Å². The minimum Gasteiger partial charge on any atom is -0.491 e. The van der Waals surface area contributed by atoms with Crippen molar-refractivity contribution in [3.05, 3.63) is 58.6 Å². The van der Waals surface area contributed by atoms with Gasteiger partial charge in [-0.05, 0) is 49.6 Å². The number of alkyl halides is 7. The third-order valence-corrected chi connectivity index (χ3v) is 11.2. The Morgan fingerprint density at radius 1 is 1.00 bits per heavy atom. The number of benzene rings is 2. The monoisotopic (exact) mass is 657 g/mol. The van der Waals surface area contributed by atoms with Crippen LogP contribution in [0.1, 0.15) is 63.5 Å². The highest BCUT2D eigenvalue weighted by atomic mass is 35.5. The van der Waals surface area contributed by atoms with Gasteiger partial charge in [0.1, 0.15) is 17.1 Å². The fourth-order valence-corrected chi connectivity index (χ4v) is 8.65. The lowest BCUT2D eigenvalue weighted by atomic mass is 9.84. The van der Waals surface area contributed by atoms with Gasteiger partial charge in [0.25, 0.3) is 0 Å². The molecule has 2 aromatic carbocycles. The van der Waals surface area contributed by atoms with Gasteiger partial charge >= 0.3 is 18.0 Å². The van der Waals surface area contributed by atoms with Crippen molar-refractivity contribution in [1.29, 1.82) is 0 Å². The van der Waals surface area contributed by atoms with Gasteiger partial charge in [-0.15, -0.1) is 0 Å². The second-order valence-corrected chi connectivity index (χ2v) is 13.6. The predicted molar refractivity (Wildman–Crippen MR) is 145 cm³/mol. The summed E-state index contributed by atoms with van der Waals surface area (Å²) >= 11 is 5.96. The molecule has 2 heterocycles. The second-order valence-electron chi connectivity index (χ2n) is 10.9. The van der Waals surface area contributed by atoms with Crippen LogP contribution in [0.2, 0.25) is 5.02 Å². The summed E-state index contributed by atoms with van der Waals surface area (Å²) in [6.45, 7) is 3.29. The number of halogens is 8. The Balaban J connectivity index is 1.91. The van der Waals surface area contributed by atoms with Crippen molar-refractivity contribution in [2.75, 3.05) is 13.2 Å². The van der Waals surface area contributed by atoms with E-state index < -0.39 is 62.5 Å². The zero-order chi connectivity index (χ0) is 32.0. The summed E-state index contributed by atoms with van der Waals surface area (Å²) in [7, 11) is -4.49. The molecule has 0 bridgehead atoms. The second kappa shape index (κ2) is 11.8. The van der Waals surface area contributed by atoms with Crippen LogP contribution in [0, 0.1) is 5.92 Å². The lowest BCUT2D eigenvalue weighted by Crippen LogP contribution is -2.56. The molecule has 1 saturated heterocycles. The fourth-order valence-electron chi connectivity index (χ4n) is 6.23. The number of sulfone groups is 1. The van der Waals surface area contributed by atoms with E-state index >= 15 is 0 Å². The zero-order valence-corrected chi connectivity index (χ0v) is 24.9. The average molecular weight is 658 g/mol. The molecule has 1 fully saturated rings. The van der Waals surface area contributed by atoms with Crippen molar-refractivity contribution in [2.45, 2.75) is 86.1 Å². The van der Waals surface area contributed by atoms with Crippen molar-refractivity contribution in [2.24, 2.45) is 5.92 Å². The summed E-state index contributed by atoms with van der Waals surface area (Å²) in [5.74, 6) is -1.34. The molecule has 43 heavy (non-hydrogen) atoms. The molecule has 14 heteroatoms. The first-order valence-electron chi connectivity index (χ1n) is 13.9. The van der Waals surface area contributed by atoms with Crippen LogP contribution < -0.4 is 4.74 Å². The third-order valence-electron chi connectivity index (χ3n) is 8.43. The molecule has 0 radical (unpaired) electrons. The summed E-state index contributed by atoms with van der Waals surface area (Å²) in [5, 5.41) is 0.227. The van der Waals surface area contributed by atoms with Gasteiger partial charge in [-0.25, -0.2) is 12.8 Å². The third kappa shape index (κ3) is 5.38. The highest BCUT2D eigenvalue weighted by Crippen LogP contribution is 2.57. The zero-order valence-electron chi connectivity index (χ0n) is 23.4. The molecule has 2 aliphatic rings. The Labute approximate surface area is 250 Å². The normalized spacial score (nSPS) is 21.6. The van der Waals surface area contributed by atoms with Crippen LogP contribution in [-0.4, -0.2) is 50.8 Å². The molecule has 0 aliphatic carbocycles. The van der Waals surface area contributed by atoms with Crippen LogP contribution in [0.3, 0.4) is 0 Å². The summed E-state index contributed by atoms with van der Waals surface area (Å²) in [5.41, 5.74) is -7.77. The molecule has 0 saturated carbocycles. The Morgan fingerprint density at radius 3 is 2.19 bits per heavy atom. The first-order valence-corrected chi connectivity index (χ1v) is 15.7. The Bertz CT molecular complexity index is 1430. The highest BCUT2D eigenvalue weighted by Gasteiger charge is 2.74. The number of hydrogen-bond donors (Lipinski definition) is 0. The number of ether oxygens (including phenoxy) is 1. The van der Waals surface area contributed by atoms with Crippen molar-refractivity contribution in [3.8, 4) is 5.75 Å². The van der Waals surface area contributed by atoms with Crippen molar-refractivity contribution in [1.82, 2.24) is 4.90 Å². The molecular formula is C29H31ClF7NO4S. The summed E-state index contributed by atoms with van der Waals surface area (Å²) in [6, 6.07) is 5.26. The number of unbranched alkanes of at least 4 members (excludes halogenated alkanes) is 1. The minimum atomic E-state index is -6.37. The molecule has 2 aliphatic heterocycles. The van der Waals surface area contributed by atoms with Crippen molar-refractivity contribution < 1.29 is 48.7 Å². The van der Waals surface area contributed by atoms with E-state index in [-0.39, 0.29) is 46.5 Å². The van der Waals surface area contributed by atoms with E-state index in [0.29, 0.717) is 19.3 Å². The Morgan fingerprint density at radius 2 is 1.63 bits per heavy atom. The van der Waals surface area contributed by atoms with E-state index in [1.165, 1.54) is 29.2 Å². The molecule has 3 unspecified atom stereocenters. The maximum Gasteiger partial charge on any atom is 0.435 e. The number of likely N-dealkylation sites (tertiary alicyclic amines) is 1. The maximum atomic E-state index is 14.9. The predicted octanol–water partition coefficient (Wildman–Crippen LogP) is 7.90. The number of fused-ring (bicyclic) bond motifs is 3. The van der Waals surface area contributed by atoms with Gasteiger partial charge in [0.2, 0.25) is 5.91 Å². The summed E-state index contributed by atoms with van der Waals surface area (Å²) < 4.78 is 129. The molecule has 3 atom stereocenters. The molecule has 238 valence electrons. The number of hydrogen-bond acceptors (Lipinski definition) is 4. The molecule has 5 nitrogen and oxygen atoms in total. The highest BCUT2D eigenvalue weighted by molar-refractivity contribution is 7.92. The quantitative estimate of drug-likeness (QED) is 0.257. The summed E-state index contributed by atoms with van der Waals surface area (Å²) in [6.07, 6.45) is -9.55. The lowest BCUT2D eigenvalue weighted by molar-refractivity contribution is -0.348. The van der Waals surface area contributed by atoms with Crippen LogP contribution in [0.15, 0.2) is 47.4 Å². The van der Waals surface area contributed by atoms with Gasteiger partial charge in [0.05, 0.1) is 10.9 Å². The van der Waals surface area contributed by atoms with E-state index in [4.69, 9.17) is 16.3 Å². The van der Waals surface area contributed by atoms with E-state index in [2.05, 4.69) is 0 Å². The number of carbonyl (C=O) groups is 1. The van der Waals surface area contributed by atoms with Gasteiger partial charge < -0.3 is 9.64 Å². The van der Waals surface area contributed by atoms with Crippen molar-refractivity contribution >= 4 is 27.3 Å². The van der Waals surface area contributed by atoms with Gasteiger partial charge in [-0.3, -0.25) is 4.79 Å². The smallest absolute Gasteiger partial charge is 0.435 e. The number of rotatable bonds is 9. The standard InChI is InChI=1S/C29H31ClF7NO4S/c1-3-5-7-18(6-4-2)25(39)38-15-14-26(43(40,41)21-11-9-20(30)10-12-21)22-13-8-19(16-23(22)42-17-24(26)38)27(31,28(32,33)34)29(35,36)37/h8-13,16,18,24H,3-7,14-15,17H2,1-2H3. The van der Waals surface area contributed by atoms with Crippen LogP contribution in [0.25, 0.3) is 0 Å². The Kier molecular flexibility index (Phi) is 9.12. The molecule has 0 aromatic heterocycles. The average Bonchev–Trinajstić information content (AvgIpc) is 3.35. The van der Waals surface area contributed by atoms with Crippen LogP contribution in [-0.2, 0) is 25.0 Å². The number of nitrogens with zero attached hydrogens (tertiary/aromatic N) is 1. The van der Waals surface area contributed by atoms with Crippen LogP contribution in [0.4, 0.5) is 30.7 Å². The molecular weight excluding hydrogens is 627 g/mol. The minimum absolute atomic E-state index is 0.0502. The van der Waals surface area contributed by atoms with Gasteiger partial charge in [-0.2, -0.15) is 26.3 Å². The van der Waals surface area contributed by atoms with Gasteiger partial charge in [-0.1, -0.05) is 56.8 Å². The SMILES string of the molecule is CCCCC(CCC)C(=O)N1CCC2(S(=O)(=O)c3ccc(Cl)cc3)c3ccc(C(F)(C(F)(F)F)C(F)(F)F)cc3OCC12. The lowest BCUT2D eigenvalue weighted by Gasteiger charge is -2.43. The molecule has 2 aromatic rings. The molecule has 0 N–H and O–H groups in total.